The van der Waals surface area contributed by atoms with Crippen molar-refractivity contribution in [3.05, 3.63) is 29.8 Å². The quantitative estimate of drug-likeness (QED) is 0.887. The highest BCUT2D eigenvalue weighted by Crippen LogP contribution is 2.33. The van der Waals surface area contributed by atoms with Crippen LogP contribution in [0.3, 0.4) is 0 Å². The monoisotopic (exact) mass is 308 g/mol. The molecule has 114 valence electrons. The molecular weight excluding hydrogens is 288 g/mol. The van der Waals surface area contributed by atoms with E-state index in [1.54, 1.807) is 12.1 Å². The number of nitrogens with zero attached hydrogens (tertiary/aromatic N) is 1. The first-order valence-corrected chi connectivity index (χ1v) is 8.54. The Morgan fingerprint density at radius 3 is 2.90 bits per heavy atom. The van der Waals surface area contributed by atoms with Crippen LogP contribution in [0.5, 0.6) is 0 Å². The van der Waals surface area contributed by atoms with Gasteiger partial charge in [-0.25, -0.2) is 13.1 Å². The van der Waals surface area contributed by atoms with E-state index in [2.05, 4.69) is 11.6 Å². The number of benzene rings is 1. The highest BCUT2D eigenvalue weighted by Gasteiger charge is 2.38. The van der Waals surface area contributed by atoms with Gasteiger partial charge in [-0.1, -0.05) is 25.8 Å². The summed E-state index contributed by atoms with van der Waals surface area (Å²) in [5.41, 5.74) is -0.493. The maximum Gasteiger partial charge on any atom is 0.241 e. The van der Waals surface area contributed by atoms with Gasteiger partial charge in [0.1, 0.15) is 0 Å². The Balaban J connectivity index is 2.29. The molecule has 1 aliphatic carbocycles. The van der Waals surface area contributed by atoms with Crippen LogP contribution in [0.25, 0.3) is 0 Å². The average Bonchev–Trinajstić information content (AvgIpc) is 2.47. The van der Waals surface area contributed by atoms with Crippen LogP contribution in [-0.2, 0) is 10.0 Å². The average molecular weight is 308 g/mol. The third-order valence-electron chi connectivity index (χ3n) is 4.02. The fraction of sp³-hybridized carbons (Fsp3) is 0.533. The van der Waals surface area contributed by atoms with E-state index >= 15 is 0 Å². The molecule has 1 aromatic carbocycles. The maximum absolute atomic E-state index is 12.5. The summed E-state index contributed by atoms with van der Waals surface area (Å²) < 4.78 is 27.7. The second-order valence-electron chi connectivity index (χ2n) is 5.89. The Morgan fingerprint density at radius 1 is 1.52 bits per heavy atom. The van der Waals surface area contributed by atoms with Crippen molar-refractivity contribution in [2.45, 2.75) is 43.0 Å². The molecule has 2 unspecified atom stereocenters. The number of hydrogen-bond acceptors (Lipinski definition) is 4. The van der Waals surface area contributed by atoms with E-state index in [1.165, 1.54) is 12.1 Å². The van der Waals surface area contributed by atoms with Crippen molar-refractivity contribution in [3.8, 4) is 6.07 Å². The smallest absolute Gasteiger partial charge is 0.241 e. The minimum Gasteiger partial charge on any atom is -0.394 e. The number of aliphatic hydroxyl groups is 1. The summed E-state index contributed by atoms with van der Waals surface area (Å²) in [6, 6.07) is 7.84. The Hall–Kier alpha value is -1.42. The van der Waals surface area contributed by atoms with Crippen LogP contribution in [0.2, 0.25) is 0 Å². The summed E-state index contributed by atoms with van der Waals surface area (Å²) in [4.78, 5) is 0.0626. The van der Waals surface area contributed by atoms with Crippen LogP contribution in [0.1, 0.15) is 38.2 Å². The van der Waals surface area contributed by atoms with Crippen LogP contribution >= 0.6 is 0 Å². The predicted molar refractivity (Wildman–Crippen MR) is 78.9 cm³/mol. The molecule has 1 saturated carbocycles. The van der Waals surface area contributed by atoms with Crippen molar-refractivity contribution in [1.29, 1.82) is 5.26 Å². The number of sulfonamides is 1. The Morgan fingerprint density at radius 2 is 2.29 bits per heavy atom. The van der Waals surface area contributed by atoms with Gasteiger partial charge in [0.15, 0.2) is 0 Å². The number of hydrogen-bond donors (Lipinski definition) is 2. The standard InChI is InChI=1S/C15H20N2O3S/c1-12-4-3-7-15(9-12,11-18)17-21(19,20)14-6-2-5-13(8-14)10-16/h2,5-6,8,12,17-18H,3-4,7,9,11H2,1H3. The van der Waals surface area contributed by atoms with Crippen molar-refractivity contribution in [1.82, 2.24) is 4.72 Å². The van der Waals surface area contributed by atoms with Gasteiger partial charge in [-0.3, -0.25) is 0 Å². The molecule has 0 aromatic heterocycles. The topological polar surface area (TPSA) is 90.2 Å². The molecule has 2 N–H and O–H groups in total. The molecule has 2 atom stereocenters. The largest absolute Gasteiger partial charge is 0.394 e. The van der Waals surface area contributed by atoms with Crippen molar-refractivity contribution < 1.29 is 13.5 Å². The lowest BCUT2D eigenvalue weighted by molar-refractivity contribution is 0.120. The SMILES string of the molecule is CC1CCCC(CO)(NS(=O)(=O)c2cccc(C#N)c2)C1. The minimum absolute atomic E-state index is 0.0626. The first-order chi connectivity index (χ1) is 9.91. The van der Waals surface area contributed by atoms with Crippen LogP contribution < -0.4 is 4.72 Å². The fourth-order valence-electron chi connectivity index (χ4n) is 3.01. The first kappa shape index (κ1) is 16.0. The molecule has 1 aromatic rings. The van der Waals surface area contributed by atoms with Crippen molar-refractivity contribution in [2.75, 3.05) is 6.61 Å². The van der Waals surface area contributed by atoms with Gasteiger partial charge < -0.3 is 5.11 Å². The molecule has 0 heterocycles. The van der Waals surface area contributed by atoms with Gasteiger partial charge in [0, 0.05) is 0 Å². The molecule has 5 nitrogen and oxygen atoms in total. The zero-order chi connectivity index (χ0) is 15.5. The van der Waals surface area contributed by atoms with Crippen LogP contribution in [-0.4, -0.2) is 25.7 Å². The van der Waals surface area contributed by atoms with E-state index in [0.717, 1.165) is 12.8 Å². The van der Waals surface area contributed by atoms with E-state index in [4.69, 9.17) is 5.26 Å². The Kier molecular flexibility index (Phi) is 4.67. The van der Waals surface area contributed by atoms with Crippen molar-refractivity contribution in [3.63, 3.8) is 0 Å². The minimum atomic E-state index is -3.75. The highest BCUT2D eigenvalue weighted by atomic mass is 32.2. The Labute approximate surface area is 125 Å². The predicted octanol–water partition coefficient (Wildman–Crippen LogP) is 1.78. The summed E-state index contributed by atoms with van der Waals surface area (Å²) >= 11 is 0. The van der Waals surface area contributed by atoms with Crippen LogP contribution in [0, 0.1) is 17.2 Å². The molecule has 0 bridgehead atoms. The number of nitrogens with one attached hydrogen (secondary N) is 1. The van der Waals surface area contributed by atoms with Crippen LogP contribution in [0.15, 0.2) is 29.2 Å². The van der Waals surface area contributed by atoms with Gasteiger partial charge in [0.2, 0.25) is 10.0 Å². The van der Waals surface area contributed by atoms with Crippen molar-refractivity contribution >= 4 is 10.0 Å². The van der Waals surface area contributed by atoms with Gasteiger partial charge in [-0.15, -0.1) is 0 Å². The van der Waals surface area contributed by atoms with Gasteiger partial charge in [-0.05, 0) is 37.0 Å². The lowest BCUT2D eigenvalue weighted by atomic mass is 9.78. The molecular formula is C15H20N2O3S. The molecule has 0 spiro atoms. The fourth-order valence-corrected chi connectivity index (χ4v) is 4.48. The summed E-state index contributed by atoms with van der Waals surface area (Å²) in [6.07, 6.45) is 3.20. The van der Waals surface area contributed by atoms with E-state index in [9.17, 15) is 13.5 Å². The molecule has 21 heavy (non-hydrogen) atoms. The third kappa shape index (κ3) is 3.62. The summed E-state index contributed by atoms with van der Waals surface area (Å²) in [6.45, 7) is 1.85. The van der Waals surface area contributed by atoms with Crippen LogP contribution in [0.4, 0.5) is 0 Å². The molecule has 0 amide bonds. The molecule has 1 fully saturated rings. The van der Waals surface area contributed by atoms with Gasteiger partial charge >= 0.3 is 0 Å². The van der Waals surface area contributed by atoms with E-state index < -0.39 is 15.6 Å². The van der Waals surface area contributed by atoms with Crippen molar-refractivity contribution in [2.24, 2.45) is 5.92 Å². The molecule has 0 radical (unpaired) electrons. The Bertz CT molecular complexity index is 651. The number of aliphatic hydroxyl groups excluding tert-OH is 1. The molecule has 1 aliphatic rings. The van der Waals surface area contributed by atoms with Gasteiger partial charge in [0.05, 0.1) is 28.7 Å². The highest BCUT2D eigenvalue weighted by molar-refractivity contribution is 7.89. The zero-order valence-corrected chi connectivity index (χ0v) is 12.9. The number of rotatable bonds is 4. The maximum atomic E-state index is 12.5. The van der Waals surface area contributed by atoms with Gasteiger partial charge in [-0.2, -0.15) is 5.26 Å². The molecule has 0 aliphatic heterocycles. The number of nitriles is 1. The van der Waals surface area contributed by atoms with Gasteiger partial charge in [0.25, 0.3) is 0 Å². The summed E-state index contributed by atoms with van der Waals surface area (Å²) in [5.74, 6) is 0.374. The second-order valence-corrected chi connectivity index (χ2v) is 7.57. The molecule has 6 heteroatoms. The zero-order valence-electron chi connectivity index (χ0n) is 12.0. The van der Waals surface area contributed by atoms with E-state index in [0.29, 0.717) is 24.3 Å². The summed E-state index contributed by atoms with van der Waals surface area (Å²) in [5, 5.41) is 18.6. The van der Waals surface area contributed by atoms with E-state index in [-0.39, 0.29) is 11.5 Å². The van der Waals surface area contributed by atoms with E-state index in [1.807, 2.05) is 6.07 Å². The molecule has 2 rings (SSSR count). The second kappa shape index (κ2) is 6.14. The normalized spacial score (nSPS) is 26.2. The summed E-state index contributed by atoms with van der Waals surface area (Å²) in [7, 11) is -3.75. The molecule has 0 saturated heterocycles. The lowest BCUT2D eigenvalue weighted by Crippen LogP contribution is -2.53. The first-order valence-electron chi connectivity index (χ1n) is 7.06. The third-order valence-corrected chi connectivity index (χ3v) is 5.59. The lowest BCUT2D eigenvalue weighted by Gasteiger charge is -2.39.